The molecule has 7 heteroatoms. The molecule has 2 aromatic rings. The first kappa shape index (κ1) is 18.0. The van der Waals surface area contributed by atoms with Crippen molar-refractivity contribution in [3.8, 4) is 5.75 Å². The zero-order valence-electron chi connectivity index (χ0n) is 15.0. The molecular formula is C20H20NO5S-. The van der Waals surface area contributed by atoms with Crippen LogP contribution in [0.2, 0.25) is 0 Å². The molecule has 0 fully saturated rings. The maximum absolute atomic E-state index is 11.3. The van der Waals surface area contributed by atoms with Crippen LogP contribution in [-0.2, 0) is 15.5 Å². The summed E-state index contributed by atoms with van der Waals surface area (Å²) in [6.07, 6.45) is 3.66. The van der Waals surface area contributed by atoms with E-state index in [-0.39, 0.29) is 11.5 Å². The summed E-state index contributed by atoms with van der Waals surface area (Å²) in [6.45, 7) is 4.50. The smallest absolute Gasteiger partial charge is 0.212 e. The van der Waals surface area contributed by atoms with Crippen molar-refractivity contribution in [1.82, 2.24) is 0 Å². The lowest BCUT2D eigenvalue weighted by Crippen LogP contribution is -2.60. The quantitative estimate of drug-likeness (QED) is 0.815. The number of para-hydroxylation sites is 1. The molecule has 2 aromatic carbocycles. The Balaban J connectivity index is 1.86. The third kappa shape index (κ3) is 2.50. The summed E-state index contributed by atoms with van der Waals surface area (Å²) < 4.78 is 40.3. The maximum Gasteiger partial charge on any atom is 0.212 e. The number of hydrogen-bond donors (Lipinski definition) is 1. The molecule has 142 valence electrons. The van der Waals surface area contributed by atoms with Gasteiger partial charge in [-0.25, -0.2) is 8.42 Å². The summed E-state index contributed by atoms with van der Waals surface area (Å²) >= 11 is 0. The first-order chi connectivity index (χ1) is 12.7. The van der Waals surface area contributed by atoms with Gasteiger partial charge in [-0.2, -0.15) is 0 Å². The summed E-state index contributed by atoms with van der Waals surface area (Å²) in [5.74, 6) is 0.494. The van der Waals surface area contributed by atoms with Crippen LogP contribution in [0.15, 0.2) is 53.4 Å². The third-order valence-electron chi connectivity index (χ3n) is 5.51. The van der Waals surface area contributed by atoms with E-state index in [0.29, 0.717) is 17.9 Å². The number of hydrogen-bond acceptors (Lipinski definition) is 6. The molecule has 0 amide bonds. The van der Waals surface area contributed by atoms with Gasteiger partial charge in [-0.05, 0) is 55.8 Å². The monoisotopic (exact) mass is 386 g/mol. The summed E-state index contributed by atoms with van der Waals surface area (Å²) in [6, 6.07) is 12.1. The van der Waals surface area contributed by atoms with Crippen LogP contribution < -0.4 is 9.64 Å². The van der Waals surface area contributed by atoms with Gasteiger partial charge in [-0.3, -0.25) is 0 Å². The SMILES string of the molecule is CC1(C)c2ccccc2N(CCO)[C@@]12C=Cc1cc(S(=O)(=O)[O-])ccc1O2. The van der Waals surface area contributed by atoms with Gasteiger partial charge in [-0.15, -0.1) is 0 Å². The molecular weight excluding hydrogens is 366 g/mol. The number of rotatable bonds is 3. The molecule has 0 bridgehead atoms. The van der Waals surface area contributed by atoms with Gasteiger partial charge in [0.25, 0.3) is 0 Å². The number of fused-ring (bicyclic) bond motifs is 2. The zero-order chi connectivity index (χ0) is 19.4. The number of benzene rings is 2. The van der Waals surface area contributed by atoms with Crippen LogP contribution in [0.1, 0.15) is 25.0 Å². The van der Waals surface area contributed by atoms with E-state index < -0.39 is 21.3 Å². The fourth-order valence-corrected chi connectivity index (χ4v) is 4.63. The molecule has 2 aliphatic heterocycles. The Labute approximate surface area is 158 Å². The number of anilines is 1. The number of aliphatic hydroxyl groups excluding tert-OH is 1. The fraction of sp³-hybridized carbons (Fsp3) is 0.300. The maximum atomic E-state index is 11.3. The lowest BCUT2D eigenvalue weighted by Gasteiger charge is -2.47. The van der Waals surface area contributed by atoms with E-state index >= 15 is 0 Å². The highest BCUT2D eigenvalue weighted by Crippen LogP contribution is 2.54. The number of ether oxygens (including phenoxy) is 1. The minimum absolute atomic E-state index is 0.0381. The van der Waals surface area contributed by atoms with E-state index in [0.717, 1.165) is 11.3 Å². The van der Waals surface area contributed by atoms with Crippen LogP contribution >= 0.6 is 0 Å². The Morgan fingerprint density at radius 1 is 1.19 bits per heavy atom. The van der Waals surface area contributed by atoms with E-state index in [4.69, 9.17) is 4.74 Å². The van der Waals surface area contributed by atoms with Crippen LogP contribution in [0.5, 0.6) is 5.75 Å². The van der Waals surface area contributed by atoms with Gasteiger partial charge in [0.05, 0.1) is 16.9 Å². The van der Waals surface area contributed by atoms with Crippen LogP contribution in [0, 0.1) is 0 Å². The van der Waals surface area contributed by atoms with Gasteiger partial charge in [0, 0.05) is 17.8 Å². The van der Waals surface area contributed by atoms with Crippen molar-refractivity contribution in [2.45, 2.75) is 29.9 Å². The molecule has 0 saturated heterocycles. The van der Waals surface area contributed by atoms with E-state index in [2.05, 4.69) is 13.8 Å². The molecule has 1 N–H and O–H groups in total. The lowest BCUT2D eigenvalue weighted by molar-refractivity contribution is 0.0504. The minimum Gasteiger partial charge on any atom is -0.744 e. The Hall–Kier alpha value is -2.35. The minimum atomic E-state index is -4.53. The largest absolute Gasteiger partial charge is 0.744 e. The predicted molar refractivity (Wildman–Crippen MR) is 101 cm³/mol. The van der Waals surface area contributed by atoms with Gasteiger partial charge in [-0.1, -0.05) is 18.2 Å². The van der Waals surface area contributed by atoms with E-state index in [1.807, 2.05) is 35.2 Å². The van der Waals surface area contributed by atoms with Gasteiger partial charge >= 0.3 is 0 Å². The van der Waals surface area contributed by atoms with Crippen molar-refractivity contribution in [2.75, 3.05) is 18.1 Å². The molecule has 0 aliphatic carbocycles. The number of nitrogens with zero attached hydrogens (tertiary/aromatic N) is 1. The molecule has 1 atom stereocenters. The highest BCUT2D eigenvalue weighted by Gasteiger charge is 2.58. The zero-order valence-corrected chi connectivity index (χ0v) is 15.9. The van der Waals surface area contributed by atoms with Crippen molar-refractivity contribution in [3.63, 3.8) is 0 Å². The normalized spacial score (nSPS) is 22.4. The van der Waals surface area contributed by atoms with Crippen molar-refractivity contribution in [2.24, 2.45) is 0 Å². The van der Waals surface area contributed by atoms with Crippen molar-refractivity contribution in [1.29, 1.82) is 0 Å². The van der Waals surface area contributed by atoms with Gasteiger partial charge in [0.1, 0.15) is 15.9 Å². The lowest BCUT2D eigenvalue weighted by atomic mass is 9.76. The fourth-order valence-electron chi connectivity index (χ4n) is 4.12. The van der Waals surface area contributed by atoms with Crippen LogP contribution in [0.25, 0.3) is 6.08 Å². The predicted octanol–water partition coefficient (Wildman–Crippen LogP) is 2.48. The molecule has 0 unspecified atom stereocenters. The van der Waals surface area contributed by atoms with E-state index in [1.165, 1.54) is 18.2 Å². The number of aliphatic hydroxyl groups is 1. The summed E-state index contributed by atoms with van der Waals surface area (Å²) in [5, 5.41) is 9.63. The molecule has 1 spiro atoms. The summed E-state index contributed by atoms with van der Waals surface area (Å²) in [5.41, 5.74) is 1.32. The second-order valence-electron chi connectivity index (χ2n) is 7.30. The molecule has 0 aromatic heterocycles. The Bertz CT molecular complexity index is 1040. The summed E-state index contributed by atoms with van der Waals surface area (Å²) in [4.78, 5) is 1.74. The second kappa shape index (κ2) is 5.82. The average molecular weight is 386 g/mol. The van der Waals surface area contributed by atoms with Crippen molar-refractivity contribution < 1.29 is 22.8 Å². The third-order valence-corrected chi connectivity index (χ3v) is 6.34. The van der Waals surface area contributed by atoms with Gasteiger partial charge in [0.15, 0.2) is 0 Å². The van der Waals surface area contributed by atoms with Crippen molar-refractivity contribution in [3.05, 3.63) is 59.7 Å². The average Bonchev–Trinajstić information content (AvgIpc) is 2.80. The molecule has 0 saturated carbocycles. The molecule has 27 heavy (non-hydrogen) atoms. The number of β-amino-alcohol motifs (C(OH)–C–C–N with tert-alkyl or cyclic N) is 1. The van der Waals surface area contributed by atoms with E-state index in [9.17, 15) is 18.1 Å². The van der Waals surface area contributed by atoms with Crippen LogP contribution in [0.4, 0.5) is 5.69 Å². The molecule has 4 rings (SSSR count). The van der Waals surface area contributed by atoms with Crippen molar-refractivity contribution >= 4 is 21.9 Å². The molecule has 2 aliphatic rings. The molecule has 2 heterocycles. The van der Waals surface area contributed by atoms with Crippen LogP contribution in [0.3, 0.4) is 0 Å². The highest BCUT2D eigenvalue weighted by atomic mass is 32.2. The Morgan fingerprint density at radius 2 is 1.93 bits per heavy atom. The van der Waals surface area contributed by atoms with Crippen LogP contribution in [-0.4, -0.2) is 37.0 Å². The van der Waals surface area contributed by atoms with Gasteiger partial charge in [0.2, 0.25) is 5.72 Å². The Kier molecular flexibility index (Phi) is 3.89. The molecule has 0 radical (unpaired) electrons. The Morgan fingerprint density at radius 3 is 2.63 bits per heavy atom. The van der Waals surface area contributed by atoms with Gasteiger partial charge < -0.3 is 19.3 Å². The standard InChI is InChI=1S/C20H21NO5S/c1-19(2)16-5-3-4-6-17(16)21(11-12-22)20(19)10-9-14-13-15(27(23,24)25)7-8-18(14)26-20/h3-10,13,22H,11-12H2,1-2H3,(H,23,24,25)/p-1/t20-/m1/s1. The summed E-state index contributed by atoms with van der Waals surface area (Å²) in [7, 11) is -4.53. The highest BCUT2D eigenvalue weighted by molar-refractivity contribution is 7.85. The second-order valence-corrected chi connectivity index (χ2v) is 8.68. The van der Waals surface area contributed by atoms with E-state index in [1.54, 1.807) is 6.08 Å². The first-order valence-corrected chi connectivity index (χ1v) is 10.1. The first-order valence-electron chi connectivity index (χ1n) is 8.67. The molecule has 6 nitrogen and oxygen atoms in total. The topological polar surface area (TPSA) is 89.9 Å².